The van der Waals surface area contributed by atoms with Crippen LogP contribution in [0.1, 0.15) is 36.0 Å². The van der Waals surface area contributed by atoms with Crippen LogP contribution in [0.2, 0.25) is 10.0 Å². The molecular weight excluding hydrogens is 389 g/mol. The van der Waals surface area contributed by atoms with Crippen LogP contribution in [-0.4, -0.2) is 60.2 Å². The molecule has 1 aromatic carbocycles. The Bertz CT molecular complexity index is 729. The summed E-state index contributed by atoms with van der Waals surface area (Å²) >= 11 is 12.1. The van der Waals surface area contributed by atoms with E-state index < -0.39 is 0 Å². The zero-order chi connectivity index (χ0) is 19.4. The predicted octanol–water partition coefficient (Wildman–Crippen LogP) is 2.58. The molecule has 1 saturated heterocycles. The van der Waals surface area contributed by atoms with E-state index in [0.29, 0.717) is 56.2 Å². The third kappa shape index (κ3) is 5.14. The first kappa shape index (κ1) is 20.0. The van der Waals surface area contributed by atoms with E-state index in [0.717, 1.165) is 12.8 Å². The lowest BCUT2D eigenvalue weighted by Crippen LogP contribution is -2.50. The molecule has 1 aliphatic carbocycles. The van der Waals surface area contributed by atoms with Gasteiger partial charge >= 0.3 is 0 Å². The fourth-order valence-corrected chi connectivity index (χ4v) is 3.48. The molecule has 0 atom stereocenters. The molecule has 2 aliphatic rings. The monoisotopic (exact) mass is 411 g/mol. The van der Waals surface area contributed by atoms with Crippen LogP contribution >= 0.6 is 23.2 Å². The van der Waals surface area contributed by atoms with Gasteiger partial charge in [-0.2, -0.15) is 0 Å². The summed E-state index contributed by atoms with van der Waals surface area (Å²) in [7, 11) is 0. The smallest absolute Gasteiger partial charge is 0.255 e. The van der Waals surface area contributed by atoms with Crippen LogP contribution in [0.3, 0.4) is 0 Å². The Morgan fingerprint density at radius 1 is 1.04 bits per heavy atom. The number of amides is 3. The van der Waals surface area contributed by atoms with Crippen molar-refractivity contribution in [3.8, 4) is 0 Å². The van der Waals surface area contributed by atoms with Gasteiger partial charge in [0.25, 0.3) is 5.91 Å². The molecule has 0 radical (unpaired) electrons. The number of carbonyl (C=O) groups excluding carboxylic acids is 3. The van der Waals surface area contributed by atoms with Crippen molar-refractivity contribution in [2.75, 3.05) is 32.7 Å². The number of hydrogen-bond donors (Lipinski definition) is 1. The molecule has 0 aromatic heterocycles. The molecule has 0 spiro atoms. The van der Waals surface area contributed by atoms with Crippen molar-refractivity contribution < 1.29 is 14.4 Å². The first-order chi connectivity index (χ1) is 13.0. The van der Waals surface area contributed by atoms with E-state index in [2.05, 4.69) is 5.32 Å². The molecule has 2 fully saturated rings. The molecule has 1 aromatic rings. The van der Waals surface area contributed by atoms with Gasteiger partial charge in [-0.15, -0.1) is 0 Å². The molecule has 3 rings (SSSR count). The van der Waals surface area contributed by atoms with E-state index in [1.807, 2.05) is 0 Å². The normalized spacial score (nSPS) is 17.0. The molecule has 1 saturated carbocycles. The summed E-state index contributed by atoms with van der Waals surface area (Å²) in [5, 5.41) is 3.48. The molecule has 1 N–H and O–H groups in total. The third-order valence-electron chi connectivity index (χ3n) is 4.92. The van der Waals surface area contributed by atoms with Gasteiger partial charge in [-0.1, -0.05) is 29.3 Å². The Labute approximate surface area is 168 Å². The van der Waals surface area contributed by atoms with Gasteiger partial charge in [0.1, 0.15) is 0 Å². The van der Waals surface area contributed by atoms with Gasteiger partial charge < -0.3 is 15.1 Å². The average Bonchev–Trinajstić information content (AvgIpc) is 3.52. The van der Waals surface area contributed by atoms with Gasteiger partial charge in [0.05, 0.1) is 15.6 Å². The number of carbonyl (C=O) groups is 3. The largest absolute Gasteiger partial charge is 0.356 e. The summed E-state index contributed by atoms with van der Waals surface area (Å²) < 4.78 is 0. The number of hydrogen-bond acceptors (Lipinski definition) is 3. The molecule has 1 heterocycles. The first-order valence-corrected chi connectivity index (χ1v) is 10.0. The number of nitrogens with zero attached hydrogens (tertiary/aromatic N) is 2. The maximum Gasteiger partial charge on any atom is 0.255 e. The molecule has 6 nitrogen and oxygen atoms in total. The van der Waals surface area contributed by atoms with Crippen LogP contribution < -0.4 is 5.32 Å². The highest BCUT2D eigenvalue weighted by molar-refractivity contribution is 6.43. The molecular formula is C19H23Cl2N3O3. The van der Waals surface area contributed by atoms with Crippen LogP contribution in [-0.2, 0) is 9.59 Å². The molecule has 146 valence electrons. The Kier molecular flexibility index (Phi) is 6.60. The van der Waals surface area contributed by atoms with Crippen molar-refractivity contribution >= 4 is 40.9 Å². The summed E-state index contributed by atoms with van der Waals surface area (Å²) in [5.41, 5.74) is 0.385. The summed E-state index contributed by atoms with van der Waals surface area (Å²) in [4.78, 5) is 39.9. The molecule has 1 aliphatic heterocycles. The summed E-state index contributed by atoms with van der Waals surface area (Å²) in [6.07, 6.45) is 3.00. The summed E-state index contributed by atoms with van der Waals surface area (Å²) in [6.45, 7) is 2.46. The van der Waals surface area contributed by atoms with Crippen LogP contribution in [0.5, 0.6) is 0 Å². The van der Waals surface area contributed by atoms with Gasteiger partial charge in [-0.3, -0.25) is 14.4 Å². The second-order valence-electron chi connectivity index (χ2n) is 6.94. The fourth-order valence-electron chi connectivity index (χ4n) is 3.10. The van der Waals surface area contributed by atoms with Crippen molar-refractivity contribution in [1.82, 2.24) is 15.1 Å². The maximum absolute atomic E-state index is 12.6. The maximum atomic E-state index is 12.6. The SMILES string of the molecule is O=C(NCCCC(=O)N1CCN(C(=O)c2cccc(Cl)c2Cl)CC1)C1CC1. The molecule has 27 heavy (non-hydrogen) atoms. The predicted molar refractivity (Wildman–Crippen MR) is 104 cm³/mol. The van der Waals surface area contributed by atoms with Gasteiger partial charge in [0, 0.05) is 45.1 Å². The average molecular weight is 412 g/mol. The molecule has 3 amide bonds. The Hall–Kier alpha value is -1.79. The number of benzene rings is 1. The van der Waals surface area contributed by atoms with E-state index in [9.17, 15) is 14.4 Å². The number of piperazine rings is 1. The first-order valence-electron chi connectivity index (χ1n) is 9.26. The van der Waals surface area contributed by atoms with Crippen molar-refractivity contribution in [3.05, 3.63) is 33.8 Å². The Balaban J connectivity index is 1.41. The van der Waals surface area contributed by atoms with Crippen molar-refractivity contribution in [2.45, 2.75) is 25.7 Å². The molecule has 8 heteroatoms. The van der Waals surface area contributed by atoms with Gasteiger partial charge in [-0.25, -0.2) is 0 Å². The third-order valence-corrected chi connectivity index (χ3v) is 5.74. The highest BCUT2D eigenvalue weighted by Crippen LogP contribution is 2.28. The zero-order valence-corrected chi connectivity index (χ0v) is 16.6. The van der Waals surface area contributed by atoms with E-state index in [-0.39, 0.29) is 28.7 Å². The number of rotatable bonds is 6. The Morgan fingerprint density at radius 3 is 2.37 bits per heavy atom. The second-order valence-corrected chi connectivity index (χ2v) is 7.73. The van der Waals surface area contributed by atoms with Gasteiger partial charge in [0.2, 0.25) is 11.8 Å². The summed E-state index contributed by atoms with van der Waals surface area (Å²) in [5.74, 6) is 0.189. The van der Waals surface area contributed by atoms with Crippen molar-refractivity contribution in [2.24, 2.45) is 5.92 Å². The lowest BCUT2D eigenvalue weighted by Gasteiger charge is -2.35. The molecule has 0 bridgehead atoms. The van der Waals surface area contributed by atoms with Crippen molar-refractivity contribution in [1.29, 1.82) is 0 Å². The van der Waals surface area contributed by atoms with Crippen LogP contribution in [0.15, 0.2) is 18.2 Å². The number of nitrogens with one attached hydrogen (secondary N) is 1. The van der Waals surface area contributed by atoms with E-state index in [1.54, 1.807) is 28.0 Å². The molecule has 0 unspecified atom stereocenters. The van der Waals surface area contributed by atoms with E-state index in [4.69, 9.17) is 23.2 Å². The Morgan fingerprint density at radius 2 is 1.70 bits per heavy atom. The zero-order valence-electron chi connectivity index (χ0n) is 15.0. The lowest BCUT2D eigenvalue weighted by atomic mass is 10.1. The quantitative estimate of drug-likeness (QED) is 0.731. The van der Waals surface area contributed by atoms with Crippen LogP contribution in [0, 0.1) is 5.92 Å². The van der Waals surface area contributed by atoms with Gasteiger partial charge in [0.15, 0.2) is 0 Å². The standard InChI is InChI=1S/C19H23Cl2N3O3/c20-15-4-1-3-14(17(15)21)19(27)24-11-9-23(10-12-24)16(25)5-2-8-22-18(26)13-6-7-13/h1,3-4,13H,2,5-12H2,(H,22,26). The lowest BCUT2D eigenvalue weighted by molar-refractivity contribution is -0.133. The summed E-state index contributed by atoms with van der Waals surface area (Å²) in [6, 6.07) is 5.00. The van der Waals surface area contributed by atoms with E-state index in [1.165, 1.54) is 0 Å². The minimum atomic E-state index is -0.169. The second kappa shape index (κ2) is 8.93. The minimum Gasteiger partial charge on any atom is -0.356 e. The highest BCUT2D eigenvalue weighted by Gasteiger charge is 2.29. The number of halogens is 2. The fraction of sp³-hybridized carbons (Fsp3) is 0.526. The van der Waals surface area contributed by atoms with Crippen molar-refractivity contribution in [3.63, 3.8) is 0 Å². The highest BCUT2D eigenvalue weighted by atomic mass is 35.5. The van der Waals surface area contributed by atoms with Crippen LogP contribution in [0.4, 0.5) is 0 Å². The van der Waals surface area contributed by atoms with Gasteiger partial charge in [-0.05, 0) is 31.4 Å². The minimum absolute atomic E-state index is 0.0588. The topological polar surface area (TPSA) is 69.7 Å². The van der Waals surface area contributed by atoms with Crippen LogP contribution in [0.25, 0.3) is 0 Å². The van der Waals surface area contributed by atoms with E-state index >= 15 is 0 Å².